The first-order chi connectivity index (χ1) is 15.4. The molecule has 0 aliphatic carbocycles. The van der Waals surface area contributed by atoms with Crippen LogP contribution < -0.4 is 16.0 Å². The molecule has 1 heterocycles. The van der Waals surface area contributed by atoms with Crippen LogP contribution in [0.5, 0.6) is 0 Å². The van der Waals surface area contributed by atoms with Gasteiger partial charge < -0.3 is 21.1 Å². The molecule has 0 radical (unpaired) electrons. The highest BCUT2D eigenvalue weighted by molar-refractivity contribution is 6.35. The minimum atomic E-state index is -1.24. The zero-order valence-electron chi connectivity index (χ0n) is 18.8. The van der Waals surface area contributed by atoms with Gasteiger partial charge in [-0.1, -0.05) is 50.0 Å². The lowest BCUT2D eigenvalue weighted by Gasteiger charge is -2.27. The summed E-state index contributed by atoms with van der Waals surface area (Å²) < 4.78 is 0. The van der Waals surface area contributed by atoms with Crippen molar-refractivity contribution in [2.45, 2.75) is 52.1 Å². The maximum Gasteiger partial charge on any atom is 0.326 e. The van der Waals surface area contributed by atoms with Crippen molar-refractivity contribution in [3.05, 3.63) is 39.9 Å². The van der Waals surface area contributed by atoms with E-state index in [0.717, 1.165) is 0 Å². The summed E-state index contributed by atoms with van der Waals surface area (Å²) in [6.07, 6.45) is 3.52. The molecule has 3 amide bonds. The molecule has 1 aliphatic heterocycles. The van der Waals surface area contributed by atoms with E-state index >= 15 is 0 Å². The van der Waals surface area contributed by atoms with E-state index < -0.39 is 35.8 Å². The quantitative estimate of drug-likeness (QED) is 0.390. The van der Waals surface area contributed by atoms with Gasteiger partial charge in [-0.3, -0.25) is 14.4 Å². The predicted molar refractivity (Wildman–Crippen MR) is 127 cm³/mol. The molecule has 180 valence electrons. The number of nitrogens with one attached hydrogen (secondary N) is 3. The van der Waals surface area contributed by atoms with Gasteiger partial charge in [0.2, 0.25) is 17.7 Å². The Morgan fingerprint density at radius 3 is 2.45 bits per heavy atom. The highest BCUT2D eigenvalue weighted by Gasteiger charge is 2.34. The number of hydrogen-bond donors (Lipinski definition) is 4. The Labute approximate surface area is 203 Å². The number of carbonyl (C=O) groups excluding carboxylic acids is 3. The number of benzene rings is 1. The number of rotatable bonds is 9. The van der Waals surface area contributed by atoms with Crippen LogP contribution in [0.2, 0.25) is 10.0 Å². The number of carboxylic acid groups (broad SMARTS) is 1. The standard InChI is InChI=1S/C23H29Cl2N3O5/c1-23(2,3)12-18(27-19(29)7-5-13-4-6-15(24)11-16(13)25)21(31)28-17(22(32)33)10-14-8-9-26-20(14)30/h4-7,11,14,17-18H,8-10,12H2,1-3H3,(H,26,30)(H,27,29)(H,28,31)(H,32,33)/b7-5+. The average Bonchev–Trinajstić information content (AvgIpc) is 3.09. The molecule has 1 saturated heterocycles. The predicted octanol–water partition coefficient (Wildman–Crippen LogP) is 3.02. The first kappa shape index (κ1) is 26.7. The van der Waals surface area contributed by atoms with Gasteiger partial charge in [0.25, 0.3) is 0 Å². The lowest BCUT2D eigenvalue weighted by Crippen LogP contribution is -2.53. The molecule has 0 saturated carbocycles. The first-order valence-electron chi connectivity index (χ1n) is 10.6. The summed E-state index contributed by atoms with van der Waals surface area (Å²) in [5.74, 6) is -3.09. The minimum absolute atomic E-state index is 0.0158. The summed E-state index contributed by atoms with van der Waals surface area (Å²) in [6, 6.07) is 2.63. The van der Waals surface area contributed by atoms with E-state index in [1.807, 2.05) is 20.8 Å². The van der Waals surface area contributed by atoms with Gasteiger partial charge in [-0.2, -0.15) is 0 Å². The molecule has 4 N–H and O–H groups in total. The van der Waals surface area contributed by atoms with Crippen LogP contribution in [0.4, 0.5) is 0 Å². The number of carboxylic acids is 1. The Morgan fingerprint density at radius 1 is 1.21 bits per heavy atom. The van der Waals surface area contributed by atoms with Crippen molar-refractivity contribution in [3.63, 3.8) is 0 Å². The van der Waals surface area contributed by atoms with Gasteiger partial charge in [0.1, 0.15) is 12.1 Å². The fourth-order valence-corrected chi connectivity index (χ4v) is 3.96. The Morgan fingerprint density at radius 2 is 1.91 bits per heavy atom. The summed E-state index contributed by atoms with van der Waals surface area (Å²) in [5.41, 5.74) is 0.247. The molecular weight excluding hydrogens is 469 g/mol. The molecule has 1 aromatic carbocycles. The van der Waals surface area contributed by atoms with E-state index in [4.69, 9.17) is 23.2 Å². The summed E-state index contributed by atoms with van der Waals surface area (Å²) in [5, 5.41) is 18.2. The number of amides is 3. The topological polar surface area (TPSA) is 125 Å². The molecule has 2 rings (SSSR count). The van der Waals surface area contributed by atoms with Gasteiger partial charge in [0.15, 0.2) is 0 Å². The molecule has 1 fully saturated rings. The van der Waals surface area contributed by atoms with E-state index in [9.17, 15) is 24.3 Å². The van der Waals surface area contributed by atoms with Crippen molar-refractivity contribution < 1.29 is 24.3 Å². The zero-order valence-corrected chi connectivity index (χ0v) is 20.3. The number of aliphatic carboxylic acids is 1. The van der Waals surface area contributed by atoms with Crippen LogP contribution in [0.25, 0.3) is 6.08 Å². The number of carbonyl (C=O) groups is 4. The Balaban J connectivity index is 2.10. The SMILES string of the molecule is CC(C)(C)CC(NC(=O)/C=C/c1ccc(Cl)cc1Cl)C(=O)NC(CC1CCNC1=O)C(=O)O. The third kappa shape index (κ3) is 8.70. The van der Waals surface area contributed by atoms with Gasteiger partial charge in [-0.25, -0.2) is 4.79 Å². The zero-order chi connectivity index (χ0) is 24.8. The summed E-state index contributed by atoms with van der Waals surface area (Å²) in [6.45, 7) is 6.19. The highest BCUT2D eigenvalue weighted by atomic mass is 35.5. The molecule has 0 spiro atoms. The van der Waals surface area contributed by atoms with Crippen LogP contribution in [0.15, 0.2) is 24.3 Å². The summed E-state index contributed by atoms with van der Waals surface area (Å²) in [4.78, 5) is 49.0. The van der Waals surface area contributed by atoms with Crippen molar-refractivity contribution in [1.82, 2.24) is 16.0 Å². The Kier molecular flexibility index (Phi) is 9.31. The molecule has 0 aromatic heterocycles. The van der Waals surface area contributed by atoms with E-state index in [0.29, 0.717) is 28.6 Å². The second kappa shape index (κ2) is 11.5. The molecule has 10 heteroatoms. The van der Waals surface area contributed by atoms with Crippen LogP contribution in [0.1, 0.15) is 45.6 Å². The third-order valence-electron chi connectivity index (χ3n) is 5.12. The summed E-state index contributed by atoms with van der Waals surface area (Å²) >= 11 is 12.0. The van der Waals surface area contributed by atoms with Gasteiger partial charge >= 0.3 is 5.97 Å². The fraction of sp³-hybridized carbons (Fsp3) is 0.478. The monoisotopic (exact) mass is 497 g/mol. The lowest BCUT2D eigenvalue weighted by molar-refractivity contribution is -0.143. The lowest BCUT2D eigenvalue weighted by atomic mass is 9.87. The smallest absolute Gasteiger partial charge is 0.326 e. The molecule has 3 atom stereocenters. The minimum Gasteiger partial charge on any atom is -0.480 e. The average molecular weight is 498 g/mol. The molecule has 1 aliphatic rings. The normalized spacial score (nSPS) is 18.0. The largest absolute Gasteiger partial charge is 0.480 e. The van der Waals surface area contributed by atoms with Gasteiger partial charge in [0.05, 0.1) is 0 Å². The van der Waals surface area contributed by atoms with E-state index in [1.54, 1.807) is 18.2 Å². The molecule has 33 heavy (non-hydrogen) atoms. The van der Waals surface area contributed by atoms with Gasteiger partial charge in [-0.05, 0) is 48.4 Å². The van der Waals surface area contributed by atoms with E-state index in [1.165, 1.54) is 12.2 Å². The third-order valence-corrected chi connectivity index (χ3v) is 5.69. The van der Waals surface area contributed by atoms with Crippen LogP contribution >= 0.6 is 23.2 Å². The van der Waals surface area contributed by atoms with E-state index in [-0.39, 0.29) is 24.2 Å². The summed E-state index contributed by atoms with van der Waals surface area (Å²) in [7, 11) is 0. The Bertz CT molecular complexity index is 943. The van der Waals surface area contributed by atoms with Crippen LogP contribution in [0, 0.1) is 11.3 Å². The molecular formula is C23H29Cl2N3O5. The van der Waals surface area contributed by atoms with Crippen LogP contribution in [0.3, 0.4) is 0 Å². The molecule has 3 unspecified atom stereocenters. The molecule has 1 aromatic rings. The van der Waals surface area contributed by atoms with Crippen molar-refractivity contribution in [2.24, 2.45) is 11.3 Å². The number of hydrogen-bond acceptors (Lipinski definition) is 4. The van der Waals surface area contributed by atoms with Crippen molar-refractivity contribution >= 4 is 53.0 Å². The molecule has 0 bridgehead atoms. The maximum atomic E-state index is 12.9. The number of halogens is 2. The second-order valence-electron chi connectivity index (χ2n) is 9.24. The van der Waals surface area contributed by atoms with E-state index in [2.05, 4.69) is 16.0 Å². The first-order valence-corrected chi connectivity index (χ1v) is 11.4. The van der Waals surface area contributed by atoms with Crippen molar-refractivity contribution in [2.75, 3.05) is 6.54 Å². The van der Waals surface area contributed by atoms with Gasteiger partial charge in [-0.15, -0.1) is 0 Å². The second-order valence-corrected chi connectivity index (χ2v) is 10.1. The van der Waals surface area contributed by atoms with Gasteiger partial charge in [0, 0.05) is 28.6 Å². The van der Waals surface area contributed by atoms with Crippen LogP contribution in [-0.2, 0) is 19.2 Å². The maximum absolute atomic E-state index is 12.9. The van der Waals surface area contributed by atoms with Crippen molar-refractivity contribution in [3.8, 4) is 0 Å². The molecule has 8 nitrogen and oxygen atoms in total. The van der Waals surface area contributed by atoms with Crippen LogP contribution in [-0.4, -0.2) is 47.4 Å². The Hall–Kier alpha value is -2.58. The van der Waals surface area contributed by atoms with Crippen molar-refractivity contribution in [1.29, 1.82) is 0 Å². The highest BCUT2D eigenvalue weighted by Crippen LogP contribution is 2.23. The fourth-order valence-electron chi connectivity index (χ4n) is 3.49.